The summed E-state index contributed by atoms with van der Waals surface area (Å²) in [4.78, 5) is 8.17. The SMILES string of the molecule is Cc1nc2[nH]ncc2nc1Cl. The van der Waals surface area contributed by atoms with Gasteiger partial charge in [0.25, 0.3) is 0 Å². The van der Waals surface area contributed by atoms with E-state index in [0.717, 1.165) is 0 Å². The molecule has 0 aliphatic rings. The Kier molecular flexibility index (Phi) is 1.29. The smallest absolute Gasteiger partial charge is 0.174 e. The van der Waals surface area contributed by atoms with Crippen LogP contribution in [-0.4, -0.2) is 20.2 Å². The zero-order valence-corrected chi connectivity index (χ0v) is 6.55. The van der Waals surface area contributed by atoms with E-state index in [1.807, 2.05) is 0 Å². The van der Waals surface area contributed by atoms with Crippen molar-refractivity contribution in [2.24, 2.45) is 0 Å². The summed E-state index contributed by atoms with van der Waals surface area (Å²) in [5.41, 5.74) is 2.08. The van der Waals surface area contributed by atoms with E-state index in [1.165, 1.54) is 0 Å². The van der Waals surface area contributed by atoms with E-state index in [0.29, 0.717) is 22.0 Å². The molecule has 1 N–H and O–H groups in total. The van der Waals surface area contributed by atoms with Gasteiger partial charge in [-0.25, -0.2) is 9.97 Å². The fraction of sp³-hybridized carbons (Fsp3) is 0.167. The van der Waals surface area contributed by atoms with E-state index in [2.05, 4.69) is 20.2 Å². The molecule has 0 aliphatic carbocycles. The van der Waals surface area contributed by atoms with Crippen LogP contribution in [0.2, 0.25) is 5.15 Å². The molecule has 0 radical (unpaired) electrons. The normalized spacial score (nSPS) is 10.7. The monoisotopic (exact) mass is 168 g/mol. The first-order valence-electron chi connectivity index (χ1n) is 3.10. The summed E-state index contributed by atoms with van der Waals surface area (Å²) in [6.45, 7) is 1.80. The van der Waals surface area contributed by atoms with Crippen molar-refractivity contribution in [3.05, 3.63) is 17.0 Å². The van der Waals surface area contributed by atoms with E-state index in [1.54, 1.807) is 13.1 Å². The number of rotatable bonds is 0. The minimum atomic E-state index is 0.430. The summed E-state index contributed by atoms with van der Waals surface area (Å²) in [6, 6.07) is 0. The lowest BCUT2D eigenvalue weighted by atomic mass is 10.5. The summed E-state index contributed by atoms with van der Waals surface area (Å²) < 4.78 is 0. The van der Waals surface area contributed by atoms with Gasteiger partial charge in [0.15, 0.2) is 10.8 Å². The summed E-state index contributed by atoms with van der Waals surface area (Å²) in [5, 5.41) is 6.91. The first-order chi connectivity index (χ1) is 5.27. The highest BCUT2D eigenvalue weighted by Crippen LogP contribution is 2.13. The van der Waals surface area contributed by atoms with Crippen molar-refractivity contribution in [3.63, 3.8) is 0 Å². The number of aryl methyl sites for hydroxylation is 1. The molecule has 0 atom stereocenters. The van der Waals surface area contributed by atoms with Gasteiger partial charge in [-0.3, -0.25) is 5.10 Å². The lowest BCUT2D eigenvalue weighted by Crippen LogP contribution is -1.87. The van der Waals surface area contributed by atoms with Gasteiger partial charge in [-0.15, -0.1) is 0 Å². The van der Waals surface area contributed by atoms with Crippen molar-refractivity contribution < 1.29 is 0 Å². The number of aromatic nitrogens is 4. The molecule has 0 unspecified atom stereocenters. The van der Waals surface area contributed by atoms with Crippen LogP contribution in [0.25, 0.3) is 11.2 Å². The van der Waals surface area contributed by atoms with E-state index in [-0.39, 0.29) is 0 Å². The van der Waals surface area contributed by atoms with Gasteiger partial charge in [0.1, 0.15) is 5.52 Å². The van der Waals surface area contributed by atoms with Crippen molar-refractivity contribution in [1.29, 1.82) is 0 Å². The first-order valence-corrected chi connectivity index (χ1v) is 3.48. The van der Waals surface area contributed by atoms with Crippen LogP contribution >= 0.6 is 11.6 Å². The van der Waals surface area contributed by atoms with Crippen LogP contribution in [0.1, 0.15) is 5.69 Å². The molecule has 2 rings (SSSR count). The molecule has 0 bridgehead atoms. The van der Waals surface area contributed by atoms with Crippen LogP contribution in [0, 0.1) is 6.92 Å². The van der Waals surface area contributed by atoms with E-state index in [4.69, 9.17) is 11.6 Å². The molecule has 0 spiro atoms. The molecule has 0 saturated heterocycles. The predicted octanol–water partition coefficient (Wildman–Crippen LogP) is 1.31. The highest BCUT2D eigenvalue weighted by molar-refractivity contribution is 6.30. The number of H-pyrrole nitrogens is 1. The largest absolute Gasteiger partial charge is 0.259 e. The second kappa shape index (κ2) is 2.17. The molecule has 0 fully saturated rings. The first kappa shape index (κ1) is 6.54. The topological polar surface area (TPSA) is 54.5 Å². The molecule has 0 amide bonds. The fourth-order valence-corrected chi connectivity index (χ4v) is 0.971. The Bertz CT molecular complexity index is 358. The maximum Gasteiger partial charge on any atom is 0.174 e. The van der Waals surface area contributed by atoms with Crippen molar-refractivity contribution in [2.75, 3.05) is 0 Å². The van der Waals surface area contributed by atoms with Gasteiger partial charge in [-0.2, -0.15) is 5.10 Å². The quantitative estimate of drug-likeness (QED) is 0.646. The second-order valence-corrected chi connectivity index (χ2v) is 2.56. The van der Waals surface area contributed by atoms with Gasteiger partial charge < -0.3 is 0 Å². The van der Waals surface area contributed by atoms with Gasteiger partial charge >= 0.3 is 0 Å². The number of hydrogen-bond donors (Lipinski definition) is 1. The number of nitrogens with zero attached hydrogens (tertiary/aromatic N) is 3. The zero-order valence-electron chi connectivity index (χ0n) is 5.80. The lowest BCUT2D eigenvalue weighted by molar-refractivity contribution is 1.08. The minimum Gasteiger partial charge on any atom is -0.259 e. The highest BCUT2D eigenvalue weighted by atomic mass is 35.5. The van der Waals surface area contributed by atoms with Gasteiger partial charge in [-0.05, 0) is 6.92 Å². The van der Waals surface area contributed by atoms with Crippen LogP contribution in [0.15, 0.2) is 6.20 Å². The molecule has 56 valence electrons. The van der Waals surface area contributed by atoms with E-state index >= 15 is 0 Å². The second-order valence-electron chi connectivity index (χ2n) is 2.20. The average molecular weight is 169 g/mol. The lowest BCUT2D eigenvalue weighted by Gasteiger charge is -1.93. The van der Waals surface area contributed by atoms with Gasteiger partial charge in [-0.1, -0.05) is 11.6 Å². The molecule has 11 heavy (non-hydrogen) atoms. The van der Waals surface area contributed by atoms with Crippen molar-refractivity contribution in [2.45, 2.75) is 6.92 Å². The van der Waals surface area contributed by atoms with Crippen molar-refractivity contribution in [3.8, 4) is 0 Å². The maximum absolute atomic E-state index is 5.73. The summed E-state index contributed by atoms with van der Waals surface area (Å²) >= 11 is 5.73. The van der Waals surface area contributed by atoms with Crippen LogP contribution in [0.3, 0.4) is 0 Å². The third kappa shape index (κ3) is 0.952. The van der Waals surface area contributed by atoms with Gasteiger partial charge in [0.2, 0.25) is 0 Å². The van der Waals surface area contributed by atoms with E-state index in [9.17, 15) is 0 Å². The number of nitrogens with one attached hydrogen (secondary N) is 1. The standard InChI is InChI=1S/C6H5ClN4/c1-3-5(7)10-4-2-8-11-6(4)9-3/h2H,1H3,(H,8,9,11). The third-order valence-electron chi connectivity index (χ3n) is 1.40. The number of halogens is 1. The summed E-state index contributed by atoms with van der Waals surface area (Å²) in [5.74, 6) is 0. The Morgan fingerprint density at radius 3 is 3.09 bits per heavy atom. The molecular formula is C6H5ClN4. The van der Waals surface area contributed by atoms with Crippen LogP contribution in [0.5, 0.6) is 0 Å². The zero-order chi connectivity index (χ0) is 7.84. The van der Waals surface area contributed by atoms with Gasteiger partial charge in [0.05, 0.1) is 11.9 Å². The van der Waals surface area contributed by atoms with Crippen molar-refractivity contribution in [1.82, 2.24) is 20.2 Å². The van der Waals surface area contributed by atoms with E-state index < -0.39 is 0 Å². The Morgan fingerprint density at radius 2 is 2.27 bits per heavy atom. The Hall–Kier alpha value is -1.16. The molecule has 0 saturated carbocycles. The Labute approximate surface area is 67.6 Å². The summed E-state index contributed by atoms with van der Waals surface area (Å²) in [6.07, 6.45) is 1.59. The number of fused-ring (bicyclic) bond motifs is 1. The predicted molar refractivity (Wildman–Crippen MR) is 41.4 cm³/mol. The van der Waals surface area contributed by atoms with Crippen LogP contribution in [0.4, 0.5) is 0 Å². The average Bonchev–Trinajstić information content (AvgIpc) is 2.36. The molecule has 0 aliphatic heterocycles. The van der Waals surface area contributed by atoms with Crippen LogP contribution < -0.4 is 0 Å². The Balaban J connectivity index is 2.86. The molecule has 2 heterocycles. The maximum atomic E-state index is 5.73. The molecule has 2 aromatic heterocycles. The molecule has 2 aromatic rings. The fourth-order valence-electron chi connectivity index (χ4n) is 0.838. The molecule has 0 aromatic carbocycles. The summed E-state index contributed by atoms with van der Waals surface area (Å²) in [7, 11) is 0. The van der Waals surface area contributed by atoms with Crippen molar-refractivity contribution >= 4 is 22.8 Å². The Morgan fingerprint density at radius 1 is 1.45 bits per heavy atom. The number of aromatic amines is 1. The minimum absolute atomic E-state index is 0.430. The van der Waals surface area contributed by atoms with Gasteiger partial charge in [0, 0.05) is 0 Å². The molecule has 4 nitrogen and oxygen atoms in total. The third-order valence-corrected chi connectivity index (χ3v) is 1.75. The molecular weight excluding hydrogens is 164 g/mol. The molecule has 5 heteroatoms. The number of hydrogen-bond acceptors (Lipinski definition) is 3. The highest BCUT2D eigenvalue weighted by Gasteiger charge is 2.02. The van der Waals surface area contributed by atoms with Crippen LogP contribution in [-0.2, 0) is 0 Å².